The van der Waals surface area contributed by atoms with E-state index in [0.29, 0.717) is 0 Å². The molecule has 0 aliphatic heterocycles. The summed E-state index contributed by atoms with van der Waals surface area (Å²) in [5, 5.41) is 3.00. The summed E-state index contributed by atoms with van der Waals surface area (Å²) >= 11 is 0. The van der Waals surface area contributed by atoms with Gasteiger partial charge in [-0.05, 0) is 18.2 Å². The maximum atomic E-state index is 10.5. The molecule has 0 saturated carbocycles. The van der Waals surface area contributed by atoms with E-state index >= 15 is 0 Å². The molecule has 15 heavy (non-hydrogen) atoms. The predicted molar refractivity (Wildman–Crippen MR) is 61.0 cm³/mol. The Kier molecular flexibility index (Phi) is 3.97. The number of hydrogen-bond acceptors (Lipinski definition) is 4. The van der Waals surface area contributed by atoms with Crippen LogP contribution in [0, 0.1) is 0 Å². The molecule has 4 nitrogen and oxygen atoms in total. The summed E-state index contributed by atoms with van der Waals surface area (Å²) in [6.07, 6.45) is 0. The molecule has 4 heteroatoms. The van der Waals surface area contributed by atoms with Crippen molar-refractivity contribution in [3.05, 3.63) is 24.3 Å². The maximum absolute atomic E-state index is 10.5. The monoisotopic (exact) mass is 208 g/mol. The average Bonchev–Trinajstić information content (AvgIpc) is 2.17. The van der Waals surface area contributed by atoms with Crippen LogP contribution in [0.2, 0.25) is 0 Å². The Balaban J connectivity index is 2.54. The van der Waals surface area contributed by atoms with E-state index in [4.69, 9.17) is 4.74 Å². The van der Waals surface area contributed by atoms with Crippen molar-refractivity contribution in [2.24, 2.45) is 0 Å². The number of carbonyl (C=O) groups excluding carboxylic acids is 1. The maximum Gasteiger partial charge on any atom is 0.304 e. The van der Waals surface area contributed by atoms with Crippen LogP contribution in [0.25, 0.3) is 0 Å². The second-order valence-electron chi connectivity index (χ2n) is 3.40. The molecule has 1 rings (SSSR count). The van der Waals surface area contributed by atoms with E-state index < -0.39 is 0 Å². The Hall–Kier alpha value is -1.71. The summed E-state index contributed by atoms with van der Waals surface area (Å²) in [5.74, 6) is -0.286. The van der Waals surface area contributed by atoms with Crippen LogP contribution >= 0.6 is 0 Å². The largest absolute Gasteiger partial charge is 0.445 e. The first-order chi connectivity index (χ1) is 7.09. The number of benzene rings is 1. The van der Waals surface area contributed by atoms with Gasteiger partial charge in [0.15, 0.2) is 6.73 Å². The Morgan fingerprint density at radius 3 is 2.80 bits per heavy atom. The first-order valence-electron chi connectivity index (χ1n) is 4.74. The normalized spacial score (nSPS) is 9.53. The van der Waals surface area contributed by atoms with Crippen molar-refractivity contribution < 1.29 is 9.53 Å². The highest BCUT2D eigenvalue weighted by atomic mass is 16.5. The number of nitrogens with zero attached hydrogens (tertiary/aromatic N) is 1. The van der Waals surface area contributed by atoms with Gasteiger partial charge in [0.25, 0.3) is 0 Å². The van der Waals surface area contributed by atoms with E-state index in [1.165, 1.54) is 6.92 Å². The molecule has 1 aromatic rings. The van der Waals surface area contributed by atoms with E-state index in [2.05, 4.69) is 5.32 Å². The van der Waals surface area contributed by atoms with E-state index in [9.17, 15) is 4.79 Å². The molecule has 0 bridgehead atoms. The molecule has 0 fully saturated rings. The third-order valence-corrected chi connectivity index (χ3v) is 1.91. The second kappa shape index (κ2) is 5.24. The zero-order chi connectivity index (χ0) is 11.3. The number of carbonyl (C=O) groups is 1. The predicted octanol–water partition coefficient (Wildman–Crippen LogP) is 1.69. The van der Waals surface area contributed by atoms with Gasteiger partial charge in [0.1, 0.15) is 0 Å². The Morgan fingerprint density at radius 2 is 2.20 bits per heavy atom. The van der Waals surface area contributed by atoms with E-state index in [1.807, 2.05) is 43.3 Å². The molecule has 1 aromatic carbocycles. The lowest BCUT2D eigenvalue weighted by molar-refractivity contribution is -0.140. The third kappa shape index (κ3) is 3.89. The van der Waals surface area contributed by atoms with Crippen molar-refractivity contribution in [3.63, 3.8) is 0 Å². The van der Waals surface area contributed by atoms with Gasteiger partial charge in [-0.2, -0.15) is 0 Å². The van der Waals surface area contributed by atoms with E-state index in [-0.39, 0.29) is 12.7 Å². The number of rotatable bonds is 4. The fraction of sp³-hybridized carbons (Fsp3) is 0.364. The molecule has 0 aliphatic carbocycles. The van der Waals surface area contributed by atoms with Gasteiger partial charge in [-0.15, -0.1) is 0 Å². The van der Waals surface area contributed by atoms with Crippen molar-refractivity contribution in [2.45, 2.75) is 6.92 Å². The van der Waals surface area contributed by atoms with Crippen LogP contribution in [0.15, 0.2) is 24.3 Å². The Bertz CT molecular complexity index is 337. The molecule has 82 valence electrons. The molecule has 0 spiro atoms. The number of ether oxygens (including phenoxy) is 1. The van der Waals surface area contributed by atoms with Crippen molar-refractivity contribution in [1.82, 2.24) is 0 Å². The molecule has 0 atom stereocenters. The number of nitrogens with one attached hydrogen (secondary N) is 1. The Labute approximate surface area is 89.8 Å². The van der Waals surface area contributed by atoms with Gasteiger partial charge in [0, 0.05) is 32.4 Å². The third-order valence-electron chi connectivity index (χ3n) is 1.91. The van der Waals surface area contributed by atoms with Crippen molar-refractivity contribution in [2.75, 3.05) is 31.0 Å². The molecule has 1 N–H and O–H groups in total. The minimum Gasteiger partial charge on any atom is -0.445 e. The highest BCUT2D eigenvalue weighted by molar-refractivity contribution is 5.66. The highest BCUT2D eigenvalue weighted by Gasteiger charge is 1.97. The van der Waals surface area contributed by atoms with Gasteiger partial charge in [0.2, 0.25) is 0 Å². The lowest BCUT2D eigenvalue weighted by Gasteiger charge is -2.14. The van der Waals surface area contributed by atoms with Crippen molar-refractivity contribution >= 4 is 17.3 Å². The van der Waals surface area contributed by atoms with Gasteiger partial charge in [-0.25, -0.2) is 0 Å². The molecule has 0 heterocycles. The quantitative estimate of drug-likeness (QED) is 0.604. The Morgan fingerprint density at radius 1 is 1.47 bits per heavy atom. The van der Waals surface area contributed by atoms with Crippen LogP contribution in [0.1, 0.15) is 6.92 Å². The van der Waals surface area contributed by atoms with E-state index in [0.717, 1.165) is 11.4 Å². The minimum absolute atomic E-state index is 0.201. The number of hydrogen-bond donors (Lipinski definition) is 1. The second-order valence-corrected chi connectivity index (χ2v) is 3.40. The van der Waals surface area contributed by atoms with Crippen LogP contribution in [0.3, 0.4) is 0 Å². The summed E-state index contributed by atoms with van der Waals surface area (Å²) in [6, 6.07) is 7.88. The fourth-order valence-electron chi connectivity index (χ4n) is 1.12. The molecular weight excluding hydrogens is 192 g/mol. The van der Waals surface area contributed by atoms with Crippen LogP contribution in [-0.2, 0) is 9.53 Å². The van der Waals surface area contributed by atoms with Crippen LogP contribution < -0.4 is 10.2 Å². The lowest BCUT2D eigenvalue weighted by Crippen LogP contribution is -2.11. The first-order valence-corrected chi connectivity index (χ1v) is 4.74. The average molecular weight is 208 g/mol. The molecule has 0 aromatic heterocycles. The number of anilines is 2. The minimum atomic E-state index is -0.286. The molecule has 0 unspecified atom stereocenters. The lowest BCUT2D eigenvalue weighted by atomic mass is 10.2. The molecule has 0 amide bonds. The van der Waals surface area contributed by atoms with Crippen LogP contribution in [0.5, 0.6) is 0 Å². The fourth-order valence-corrected chi connectivity index (χ4v) is 1.12. The zero-order valence-corrected chi connectivity index (χ0v) is 9.28. The van der Waals surface area contributed by atoms with Gasteiger partial charge < -0.3 is 15.0 Å². The summed E-state index contributed by atoms with van der Waals surface area (Å²) in [5.41, 5.74) is 2.03. The van der Waals surface area contributed by atoms with Crippen LogP contribution in [0.4, 0.5) is 11.4 Å². The molecule has 0 saturated heterocycles. The van der Waals surface area contributed by atoms with E-state index in [1.54, 1.807) is 0 Å². The van der Waals surface area contributed by atoms with Crippen LogP contribution in [-0.4, -0.2) is 26.8 Å². The van der Waals surface area contributed by atoms with Crippen molar-refractivity contribution in [1.29, 1.82) is 0 Å². The topological polar surface area (TPSA) is 41.6 Å². The summed E-state index contributed by atoms with van der Waals surface area (Å²) < 4.78 is 4.78. The number of esters is 1. The molecular formula is C11H16N2O2. The standard InChI is InChI=1S/C11H16N2O2/c1-9(14)15-8-12-10-5-4-6-11(7-10)13(2)3/h4-7,12H,8H2,1-3H3. The molecule has 0 radical (unpaired) electrons. The van der Waals surface area contributed by atoms with Crippen molar-refractivity contribution in [3.8, 4) is 0 Å². The van der Waals surface area contributed by atoms with Gasteiger partial charge in [-0.3, -0.25) is 4.79 Å². The van der Waals surface area contributed by atoms with Gasteiger partial charge in [-0.1, -0.05) is 6.07 Å². The first kappa shape index (κ1) is 11.4. The smallest absolute Gasteiger partial charge is 0.304 e. The molecule has 0 aliphatic rings. The van der Waals surface area contributed by atoms with Gasteiger partial charge in [0.05, 0.1) is 0 Å². The summed E-state index contributed by atoms with van der Waals surface area (Å²) in [4.78, 5) is 12.5. The zero-order valence-electron chi connectivity index (χ0n) is 9.28. The highest BCUT2D eigenvalue weighted by Crippen LogP contribution is 2.16. The van der Waals surface area contributed by atoms with Gasteiger partial charge >= 0.3 is 5.97 Å². The summed E-state index contributed by atoms with van der Waals surface area (Å²) in [6.45, 7) is 1.59. The SMILES string of the molecule is CC(=O)OCNc1cccc(N(C)C)c1. The summed E-state index contributed by atoms with van der Waals surface area (Å²) in [7, 11) is 3.95.